The second-order valence-electron chi connectivity index (χ2n) is 4.97. The standard InChI is InChI=1S/C14H25FN4O/c1-5-7-16-14-17-8-11(15)13(19-14)18-12(10(3)4)9-20-6-2/h8,10,12H,5-7,9H2,1-4H3,(H2,16,17,18,19). The number of ether oxygens (including phenoxy) is 1. The van der Waals surface area contributed by atoms with Crippen LogP contribution in [0.5, 0.6) is 0 Å². The van der Waals surface area contributed by atoms with Gasteiger partial charge in [-0.05, 0) is 19.3 Å². The molecule has 20 heavy (non-hydrogen) atoms. The number of nitrogens with zero attached hydrogens (tertiary/aromatic N) is 2. The first-order valence-corrected chi connectivity index (χ1v) is 7.19. The zero-order valence-corrected chi connectivity index (χ0v) is 12.7. The molecule has 2 N–H and O–H groups in total. The van der Waals surface area contributed by atoms with Gasteiger partial charge in [0.1, 0.15) is 0 Å². The summed E-state index contributed by atoms with van der Waals surface area (Å²) in [4.78, 5) is 8.10. The fourth-order valence-corrected chi connectivity index (χ4v) is 1.61. The lowest BCUT2D eigenvalue weighted by Crippen LogP contribution is -2.32. The SMILES string of the molecule is CCCNc1ncc(F)c(NC(COCC)C(C)C)n1. The van der Waals surface area contributed by atoms with E-state index in [1.807, 2.05) is 13.8 Å². The van der Waals surface area contributed by atoms with Crippen LogP contribution in [0.1, 0.15) is 34.1 Å². The average Bonchev–Trinajstić information content (AvgIpc) is 2.43. The Kier molecular flexibility index (Phi) is 7.22. The minimum Gasteiger partial charge on any atom is -0.380 e. The van der Waals surface area contributed by atoms with E-state index < -0.39 is 5.82 Å². The van der Waals surface area contributed by atoms with Crippen LogP contribution in [0.2, 0.25) is 0 Å². The Morgan fingerprint density at radius 3 is 2.70 bits per heavy atom. The minimum atomic E-state index is -0.450. The first-order chi connectivity index (χ1) is 9.58. The number of hydrogen-bond acceptors (Lipinski definition) is 5. The van der Waals surface area contributed by atoms with Crippen molar-refractivity contribution in [3.05, 3.63) is 12.0 Å². The zero-order chi connectivity index (χ0) is 15.0. The lowest BCUT2D eigenvalue weighted by molar-refractivity contribution is 0.126. The number of hydrogen-bond donors (Lipinski definition) is 2. The normalized spacial score (nSPS) is 12.5. The molecule has 0 spiro atoms. The lowest BCUT2D eigenvalue weighted by atomic mass is 10.1. The van der Waals surface area contributed by atoms with Gasteiger partial charge in [0.25, 0.3) is 0 Å². The Hall–Kier alpha value is -1.43. The molecule has 0 saturated carbocycles. The monoisotopic (exact) mass is 284 g/mol. The number of aromatic nitrogens is 2. The maximum atomic E-state index is 13.8. The first-order valence-electron chi connectivity index (χ1n) is 7.19. The van der Waals surface area contributed by atoms with Gasteiger partial charge in [0.2, 0.25) is 5.95 Å². The van der Waals surface area contributed by atoms with Crippen LogP contribution < -0.4 is 10.6 Å². The molecule has 0 radical (unpaired) electrons. The van der Waals surface area contributed by atoms with Gasteiger partial charge in [-0.1, -0.05) is 20.8 Å². The van der Waals surface area contributed by atoms with Crippen molar-refractivity contribution >= 4 is 11.8 Å². The fourth-order valence-electron chi connectivity index (χ4n) is 1.61. The smallest absolute Gasteiger partial charge is 0.224 e. The largest absolute Gasteiger partial charge is 0.380 e. The summed E-state index contributed by atoms with van der Waals surface area (Å²) < 4.78 is 19.2. The average molecular weight is 284 g/mol. The Labute approximate surface area is 120 Å². The van der Waals surface area contributed by atoms with Crippen LogP contribution in [0.25, 0.3) is 0 Å². The van der Waals surface area contributed by atoms with Crippen molar-refractivity contribution in [2.45, 2.75) is 40.2 Å². The summed E-state index contributed by atoms with van der Waals surface area (Å²) in [6.07, 6.45) is 2.15. The predicted octanol–water partition coefficient (Wildman–Crippen LogP) is 2.91. The predicted molar refractivity (Wildman–Crippen MR) is 79.5 cm³/mol. The molecule has 1 heterocycles. The van der Waals surface area contributed by atoms with Crippen LogP contribution in [0.15, 0.2) is 6.20 Å². The molecule has 0 aliphatic heterocycles. The Bertz CT molecular complexity index is 401. The van der Waals surface area contributed by atoms with Crippen molar-refractivity contribution in [3.63, 3.8) is 0 Å². The Morgan fingerprint density at radius 1 is 1.35 bits per heavy atom. The summed E-state index contributed by atoms with van der Waals surface area (Å²) >= 11 is 0. The summed E-state index contributed by atoms with van der Waals surface area (Å²) in [6, 6.07) is 0.0124. The number of rotatable bonds is 9. The molecule has 1 atom stereocenters. The van der Waals surface area contributed by atoms with E-state index in [2.05, 4.69) is 34.4 Å². The first kappa shape index (κ1) is 16.6. The van der Waals surface area contributed by atoms with Gasteiger partial charge in [0.15, 0.2) is 11.6 Å². The highest BCUT2D eigenvalue weighted by molar-refractivity contribution is 5.42. The summed E-state index contributed by atoms with van der Waals surface area (Å²) in [5, 5.41) is 6.15. The molecule has 0 bridgehead atoms. The molecule has 6 heteroatoms. The van der Waals surface area contributed by atoms with Crippen molar-refractivity contribution < 1.29 is 9.13 Å². The summed E-state index contributed by atoms with van der Waals surface area (Å²) in [5.74, 6) is 0.517. The highest BCUT2D eigenvalue weighted by atomic mass is 19.1. The molecule has 1 aromatic rings. The van der Waals surface area contributed by atoms with E-state index in [1.165, 1.54) is 6.20 Å². The van der Waals surface area contributed by atoms with Gasteiger partial charge in [0.05, 0.1) is 18.8 Å². The summed E-state index contributed by atoms with van der Waals surface area (Å²) in [6.45, 7) is 10.0. The number of anilines is 2. The minimum absolute atomic E-state index is 0.0124. The van der Waals surface area contributed by atoms with Gasteiger partial charge < -0.3 is 15.4 Å². The topological polar surface area (TPSA) is 59.1 Å². The molecule has 0 aliphatic rings. The van der Waals surface area contributed by atoms with Crippen molar-refractivity contribution in [2.75, 3.05) is 30.4 Å². The highest BCUT2D eigenvalue weighted by Gasteiger charge is 2.16. The van der Waals surface area contributed by atoms with Gasteiger partial charge in [-0.25, -0.2) is 9.37 Å². The van der Waals surface area contributed by atoms with E-state index in [4.69, 9.17) is 4.74 Å². The second kappa shape index (κ2) is 8.68. The van der Waals surface area contributed by atoms with E-state index in [1.54, 1.807) is 0 Å². The molecule has 1 unspecified atom stereocenters. The molecule has 0 aromatic carbocycles. The van der Waals surface area contributed by atoms with Crippen LogP contribution in [-0.4, -0.2) is 35.8 Å². The van der Waals surface area contributed by atoms with Crippen LogP contribution in [0, 0.1) is 11.7 Å². The third-order valence-corrected chi connectivity index (χ3v) is 2.91. The third kappa shape index (κ3) is 5.28. The van der Waals surface area contributed by atoms with Crippen LogP contribution in [-0.2, 0) is 4.74 Å². The van der Waals surface area contributed by atoms with Gasteiger partial charge in [-0.2, -0.15) is 4.98 Å². The van der Waals surface area contributed by atoms with Crippen LogP contribution in [0.3, 0.4) is 0 Å². The Morgan fingerprint density at radius 2 is 2.10 bits per heavy atom. The summed E-state index contributed by atoms with van der Waals surface area (Å²) in [7, 11) is 0. The second-order valence-corrected chi connectivity index (χ2v) is 4.97. The molecule has 114 valence electrons. The highest BCUT2D eigenvalue weighted by Crippen LogP contribution is 2.16. The molecular weight excluding hydrogens is 259 g/mol. The number of halogens is 1. The molecule has 0 amide bonds. The molecule has 1 aromatic heterocycles. The van der Waals surface area contributed by atoms with Crippen LogP contribution >= 0.6 is 0 Å². The maximum absolute atomic E-state index is 13.8. The van der Waals surface area contributed by atoms with Gasteiger partial charge in [-0.15, -0.1) is 0 Å². The van der Waals surface area contributed by atoms with E-state index in [0.717, 1.165) is 13.0 Å². The number of nitrogens with one attached hydrogen (secondary N) is 2. The molecule has 0 fully saturated rings. The van der Waals surface area contributed by atoms with Gasteiger partial charge >= 0.3 is 0 Å². The maximum Gasteiger partial charge on any atom is 0.224 e. The third-order valence-electron chi connectivity index (χ3n) is 2.91. The van der Waals surface area contributed by atoms with E-state index in [9.17, 15) is 4.39 Å². The van der Waals surface area contributed by atoms with Crippen molar-refractivity contribution in [2.24, 2.45) is 5.92 Å². The van der Waals surface area contributed by atoms with E-state index >= 15 is 0 Å². The van der Waals surface area contributed by atoms with E-state index in [0.29, 0.717) is 25.1 Å². The molecule has 0 saturated heterocycles. The van der Waals surface area contributed by atoms with Gasteiger partial charge in [-0.3, -0.25) is 0 Å². The molecule has 0 aliphatic carbocycles. The quantitative estimate of drug-likeness (QED) is 0.730. The van der Waals surface area contributed by atoms with Crippen molar-refractivity contribution in [1.29, 1.82) is 0 Å². The van der Waals surface area contributed by atoms with Gasteiger partial charge in [0, 0.05) is 13.2 Å². The van der Waals surface area contributed by atoms with Crippen molar-refractivity contribution in [1.82, 2.24) is 9.97 Å². The zero-order valence-electron chi connectivity index (χ0n) is 12.7. The lowest BCUT2D eigenvalue weighted by Gasteiger charge is -2.23. The molecular formula is C14H25FN4O. The van der Waals surface area contributed by atoms with Crippen molar-refractivity contribution in [3.8, 4) is 0 Å². The Balaban J connectivity index is 2.76. The molecule has 5 nitrogen and oxygen atoms in total. The fraction of sp³-hybridized carbons (Fsp3) is 0.714. The van der Waals surface area contributed by atoms with E-state index in [-0.39, 0.29) is 11.9 Å². The van der Waals surface area contributed by atoms with Crippen LogP contribution in [0.4, 0.5) is 16.2 Å². The molecule has 1 rings (SSSR count). The summed E-state index contributed by atoms with van der Waals surface area (Å²) in [5.41, 5.74) is 0.